The Kier molecular flexibility index (Phi) is 6.55. The first kappa shape index (κ1) is 13.9. The summed E-state index contributed by atoms with van der Waals surface area (Å²) in [5.41, 5.74) is 1.03. The van der Waals surface area contributed by atoms with E-state index in [0.717, 1.165) is 38.1 Å². The highest BCUT2D eigenvalue weighted by atomic mass is 16.5. The molecule has 0 atom stereocenters. The summed E-state index contributed by atoms with van der Waals surface area (Å²) in [5.74, 6) is 1.32. The van der Waals surface area contributed by atoms with Gasteiger partial charge in [0.25, 0.3) is 0 Å². The van der Waals surface area contributed by atoms with E-state index in [9.17, 15) is 0 Å². The SMILES string of the molecule is CCNCc1cncnc1OCC(CC)CC. The fourth-order valence-corrected chi connectivity index (χ4v) is 1.58. The van der Waals surface area contributed by atoms with Gasteiger partial charge in [-0.3, -0.25) is 0 Å². The van der Waals surface area contributed by atoms with Crippen LogP contribution in [0.5, 0.6) is 5.88 Å². The molecule has 0 aliphatic rings. The summed E-state index contributed by atoms with van der Waals surface area (Å²) in [5, 5.41) is 3.26. The summed E-state index contributed by atoms with van der Waals surface area (Å²) in [6, 6.07) is 0. The van der Waals surface area contributed by atoms with Crippen LogP contribution in [-0.4, -0.2) is 23.1 Å². The first-order chi connectivity index (χ1) is 8.31. The minimum Gasteiger partial charge on any atom is -0.477 e. The van der Waals surface area contributed by atoms with E-state index in [2.05, 4.69) is 36.1 Å². The van der Waals surface area contributed by atoms with Crippen LogP contribution >= 0.6 is 0 Å². The summed E-state index contributed by atoms with van der Waals surface area (Å²) in [4.78, 5) is 8.23. The number of nitrogens with zero attached hydrogens (tertiary/aromatic N) is 2. The average Bonchev–Trinajstić information content (AvgIpc) is 2.38. The second kappa shape index (κ2) is 8.01. The highest BCUT2D eigenvalue weighted by molar-refractivity contribution is 5.21. The van der Waals surface area contributed by atoms with E-state index in [1.165, 1.54) is 6.33 Å². The monoisotopic (exact) mass is 237 g/mol. The summed E-state index contributed by atoms with van der Waals surface area (Å²) < 4.78 is 5.79. The molecule has 1 aromatic rings. The minimum absolute atomic E-state index is 0.608. The molecule has 1 aromatic heterocycles. The van der Waals surface area contributed by atoms with E-state index in [1.807, 2.05) is 6.20 Å². The third kappa shape index (κ3) is 4.69. The number of aromatic nitrogens is 2. The van der Waals surface area contributed by atoms with E-state index in [0.29, 0.717) is 11.8 Å². The Morgan fingerprint density at radius 1 is 1.29 bits per heavy atom. The van der Waals surface area contributed by atoms with Crippen LogP contribution in [0.25, 0.3) is 0 Å². The third-order valence-corrected chi connectivity index (χ3v) is 2.92. The van der Waals surface area contributed by atoms with Crippen molar-refractivity contribution < 1.29 is 4.74 Å². The lowest BCUT2D eigenvalue weighted by atomic mass is 10.1. The molecule has 0 saturated heterocycles. The molecule has 0 aromatic carbocycles. The molecule has 0 aliphatic heterocycles. The van der Waals surface area contributed by atoms with Gasteiger partial charge in [-0.1, -0.05) is 33.6 Å². The van der Waals surface area contributed by atoms with Crippen LogP contribution in [0.15, 0.2) is 12.5 Å². The Morgan fingerprint density at radius 2 is 2.06 bits per heavy atom. The van der Waals surface area contributed by atoms with Crippen LogP contribution < -0.4 is 10.1 Å². The van der Waals surface area contributed by atoms with Crippen molar-refractivity contribution in [1.82, 2.24) is 15.3 Å². The smallest absolute Gasteiger partial charge is 0.220 e. The highest BCUT2D eigenvalue weighted by Gasteiger charge is 2.08. The van der Waals surface area contributed by atoms with Crippen molar-refractivity contribution in [2.75, 3.05) is 13.2 Å². The second-order valence-corrected chi connectivity index (χ2v) is 4.13. The molecule has 4 nitrogen and oxygen atoms in total. The molecule has 4 heteroatoms. The highest BCUT2D eigenvalue weighted by Crippen LogP contribution is 2.15. The van der Waals surface area contributed by atoms with Gasteiger partial charge in [-0.05, 0) is 12.5 Å². The van der Waals surface area contributed by atoms with Gasteiger partial charge in [-0.15, -0.1) is 0 Å². The molecule has 1 heterocycles. The topological polar surface area (TPSA) is 47.0 Å². The molecular formula is C13H23N3O. The molecule has 0 fully saturated rings. The quantitative estimate of drug-likeness (QED) is 0.754. The number of hydrogen-bond acceptors (Lipinski definition) is 4. The predicted octanol–water partition coefficient (Wildman–Crippen LogP) is 2.40. The van der Waals surface area contributed by atoms with E-state index < -0.39 is 0 Å². The van der Waals surface area contributed by atoms with Crippen molar-refractivity contribution in [2.24, 2.45) is 5.92 Å². The molecule has 96 valence electrons. The van der Waals surface area contributed by atoms with E-state index >= 15 is 0 Å². The molecule has 0 saturated carbocycles. The van der Waals surface area contributed by atoms with Crippen LogP contribution in [0.1, 0.15) is 39.2 Å². The lowest BCUT2D eigenvalue weighted by Crippen LogP contribution is -2.16. The molecule has 1 N–H and O–H groups in total. The largest absolute Gasteiger partial charge is 0.477 e. The molecule has 0 bridgehead atoms. The first-order valence-corrected chi connectivity index (χ1v) is 6.44. The van der Waals surface area contributed by atoms with Gasteiger partial charge in [0, 0.05) is 18.3 Å². The van der Waals surface area contributed by atoms with E-state index in [1.54, 1.807) is 0 Å². The van der Waals surface area contributed by atoms with Crippen LogP contribution in [0.2, 0.25) is 0 Å². The molecule has 0 radical (unpaired) electrons. The summed E-state index contributed by atoms with van der Waals surface area (Å²) in [6.45, 7) is 8.89. The minimum atomic E-state index is 0.608. The normalized spacial score (nSPS) is 10.8. The average molecular weight is 237 g/mol. The fourth-order valence-electron chi connectivity index (χ4n) is 1.58. The lowest BCUT2D eigenvalue weighted by Gasteiger charge is -2.15. The van der Waals surface area contributed by atoms with Gasteiger partial charge in [-0.25, -0.2) is 9.97 Å². The van der Waals surface area contributed by atoms with E-state index in [-0.39, 0.29) is 0 Å². The van der Waals surface area contributed by atoms with Gasteiger partial charge in [0.2, 0.25) is 5.88 Å². The maximum atomic E-state index is 5.79. The van der Waals surface area contributed by atoms with Gasteiger partial charge < -0.3 is 10.1 Å². The molecule has 0 aliphatic carbocycles. The Morgan fingerprint density at radius 3 is 2.71 bits per heavy atom. The summed E-state index contributed by atoms with van der Waals surface area (Å²) >= 11 is 0. The summed E-state index contributed by atoms with van der Waals surface area (Å²) in [7, 11) is 0. The van der Waals surface area contributed by atoms with Crippen LogP contribution in [-0.2, 0) is 6.54 Å². The maximum absolute atomic E-state index is 5.79. The van der Waals surface area contributed by atoms with Crippen LogP contribution in [0.3, 0.4) is 0 Å². The molecular weight excluding hydrogens is 214 g/mol. The zero-order valence-electron chi connectivity index (χ0n) is 11.1. The Bertz CT molecular complexity index is 313. The van der Waals surface area contributed by atoms with Gasteiger partial charge in [0.05, 0.1) is 6.61 Å². The standard InChI is InChI=1S/C13H23N3O/c1-4-11(5-2)9-17-13-12(7-14-6-3)8-15-10-16-13/h8,10-11,14H,4-7,9H2,1-3H3. The lowest BCUT2D eigenvalue weighted by molar-refractivity contribution is 0.229. The molecule has 0 unspecified atom stereocenters. The molecule has 0 spiro atoms. The van der Waals surface area contributed by atoms with Gasteiger partial charge >= 0.3 is 0 Å². The van der Waals surface area contributed by atoms with Crippen molar-refractivity contribution >= 4 is 0 Å². The summed E-state index contributed by atoms with van der Waals surface area (Å²) in [6.07, 6.45) is 5.64. The van der Waals surface area contributed by atoms with Crippen molar-refractivity contribution in [3.8, 4) is 5.88 Å². The van der Waals surface area contributed by atoms with Gasteiger partial charge in [0.1, 0.15) is 6.33 Å². The number of nitrogens with one attached hydrogen (secondary N) is 1. The maximum Gasteiger partial charge on any atom is 0.220 e. The Balaban J connectivity index is 2.56. The molecule has 1 rings (SSSR count). The first-order valence-electron chi connectivity index (χ1n) is 6.44. The van der Waals surface area contributed by atoms with Crippen molar-refractivity contribution in [3.63, 3.8) is 0 Å². The van der Waals surface area contributed by atoms with Crippen LogP contribution in [0, 0.1) is 5.92 Å². The fraction of sp³-hybridized carbons (Fsp3) is 0.692. The zero-order chi connectivity index (χ0) is 12.5. The van der Waals surface area contributed by atoms with Crippen molar-refractivity contribution in [3.05, 3.63) is 18.1 Å². The van der Waals surface area contributed by atoms with Crippen molar-refractivity contribution in [1.29, 1.82) is 0 Å². The number of rotatable bonds is 8. The number of hydrogen-bond donors (Lipinski definition) is 1. The van der Waals surface area contributed by atoms with Crippen molar-refractivity contribution in [2.45, 2.75) is 40.2 Å². The van der Waals surface area contributed by atoms with Crippen LogP contribution in [0.4, 0.5) is 0 Å². The van der Waals surface area contributed by atoms with E-state index in [4.69, 9.17) is 4.74 Å². The Hall–Kier alpha value is -1.16. The predicted molar refractivity (Wildman–Crippen MR) is 69.0 cm³/mol. The second-order valence-electron chi connectivity index (χ2n) is 4.13. The Labute approximate surface area is 104 Å². The molecule has 17 heavy (non-hydrogen) atoms. The van der Waals surface area contributed by atoms with Gasteiger partial charge in [0.15, 0.2) is 0 Å². The van der Waals surface area contributed by atoms with Gasteiger partial charge in [-0.2, -0.15) is 0 Å². The zero-order valence-corrected chi connectivity index (χ0v) is 11.1. The molecule has 0 amide bonds. The number of ether oxygens (including phenoxy) is 1. The third-order valence-electron chi connectivity index (χ3n) is 2.92.